The van der Waals surface area contributed by atoms with Crippen LogP contribution in [0.2, 0.25) is 0 Å². The van der Waals surface area contributed by atoms with Crippen LogP contribution in [0.1, 0.15) is 45.0 Å². The van der Waals surface area contributed by atoms with Crippen LogP contribution in [0, 0.1) is 13.8 Å². The molecule has 4 heterocycles. The Kier molecular flexibility index (Phi) is 7.60. The van der Waals surface area contributed by atoms with Crippen molar-refractivity contribution in [1.82, 2.24) is 24.4 Å². The van der Waals surface area contributed by atoms with E-state index in [0.29, 0.717) is 30.9 Å². The summed E-state index contributed by atoms with van der Waals surface area (Å²) in [7, 11) is 1.50. The largest absolute Gasteiger partial charge is 0.497 e. The number of rotatable bonds is 6. The Labute approximate surface area is 233 Å². The van der Waals surface area contributed by atoms with Crippen molar-refractivity contribution in [2.24, 2.45) is 0 Å². The molecule has 8 nitrogen and oxygen atoms in total. The number of halogens is 3. The highest BCUT2D eigenvalue weighted by Gasteiger charge is 2.40. The summed E-state index contributed by atoms with van der Waals surface area (Å²) in [6, 6.07) is 8.19. The van der Waals surface area contributed by atoms with Gasteiger partial charge in [0.2, 0.25) is 0 Å². The Bertz CT molecular complexity index is 1530. The van der Waals surface area contributed by atoms with Crippen LogP contribution in [-0.2, 0) is 6.18 Å². The monoisotopic (exact) mass is 573 g/mol. The van der Waals surface area contributed by atoms with E-state index < -0.39 is 17.8 Å². The van der Waals surface area contributed by atoms with Crippen LogP contribution < -0.4 is 4.74 Å². The van der Waals surface area contributed by atoms with Gasteiger partial charge >= 0.3 is 6.18 Å². The maximum Gasteiger partial charge on any atom is 0.433 e. The van der Waals surface area contributed by atoms with Crippen molar-refractivity contribution in [2.45, 2.75) is 39.0 Å². The number of aliphatic hydroxyl groups is 1. The first-order valence-electron chi connectivity index (χ1n) is 12.8. The van der Waals surface area contributed by atoms with E-state index in [1.54, 1.807) is 40.5 Å². The second kappa shape index (κ2) is 10.8. The number of hydrogen-bond donors (Lipinski definition) is 1. The average molecular weight is 574 g/mol. The van der Waals surface area contributed by atoms with Gasteiger partial charge in [-0.05, 0) is 62.0 Å². The molecule has 0 radical (unpaired) electrons. The van der Waals surface area contributed by atoms with Gasteiger partial charge in [0.15, 0.2) is 11.3 Å². The van der Waals surface area contributed by atoms with Gasteiger partial charge in [-0.25, -0.2) is 9.50 Å². The van der Waals surface area contributed by atoms with Crippen LogP contribution in [0.4, 0.5) is 13.2 Å². The molecule has 12 heteroatoms. The van der Waals surface area contributed by atoms with Gasteiger partial charge in [0.1, 0.15) is 11.3 Å². The molecule has 1 aliphatic rings. The molecule has 1 aromatic carbocycles. The van der Waals surface area contributed by atoms with E-state index in [1.807, 2.05) is 19.2 Å². The van der Waals surface area contributed by atoms with Crippen LogP contribution >= 0.6 is 11.3 Å². The first kappa shape index (κ1) is 28.1. The summed E-state index contributed by atoms with van der Waals surface area (Å²) < 4.78 is 48.7. The number of nitrogens with zero attached hydrogens (tertiary/aromatic N) is 5. The fourth-order valence-corrected chi connectivity index (χ4v) is 6.35. The Hall–Kier alpha value is -3.48. The van der Waals surface area contributed by atoms with Crippen LogP contribution in [0.5, 0.6) is 5.75 Å². The molecule has 2 atom stereocenters. The number of carbonyl (C=O) groups is 1. The molecule has 3 aromatic heterocycles. The number of alkyl halides is 3. The van der Waals surface area contributed by atoms with E-state index >= 15 is 0 Å². The first-order chi connectivity index (χ1) is 19.0. The lowest BCUT2D eigenvalue weighted by atomic mass is 10.0. The number of aliphatic hydroxyl groups excluding tert-OH is 1. The second-order valence-electron chi connectivity index (χ2n) is 10.0. The smallest absolute Gasteiger partial charge is 0.433 e. The Morgan fingerprint density at radius 3 is 2.52 bits per heavy atom. The fraction of sp³-hybridized carbons (Fsp3) is 0.393. The topological polar surface area (TPSA) is 83.2 Å². The molecule has 1 unspecified atom stereocenters. The quantitative estimate of drug-likeness (QED) is 0.350. The highest BCUT2D eigenvalue weighted by Crippen LogP contribution is 2.37. The zero-order chi connectivity index (χ0) is 28.8. The molecule has 0 aliphatic carbocycles. The Balaban J connectivity index is 1.49. The zero-order valence-corrected chi connectivity index (χ0v) is 23.4. The standard InChI is InChI=1S/C28H30F3N5O3S/c1-16-11-23(40-15-16)22(14-37)34-9-10-35(17(2)13-34)27(38)21-12-32-36-25(28(29,30)31)18(3)24(33-26(21)36)19-5-7-20(39-4)8-6-19/h5-8,11-12,15,17,22,37H,9-10,13-14H2,1-4H3/t17-,22?/m1/s1. The van der Waals surface area contributed by atoms with Gasteiger partial charge in [-0.2, -0.15) is 18.3 Å². The molecule has 5 rings (SSSR count). The lowest BCUT2D eigenvalue weighted by Gasteiger charge is -2.42. The van der Waals surface area contributed by atoms with Gasteiger partial charge in [0.05, 0.1) is 31.6 Å². The van der Waals surface area contributed by atoms with E-state index in [9.17, 15) is 23.1 Å². The molecule has 0 saturated carbocycles. The third-order valence-electron chi connectivity index (χ3n) is 7.36. The SMILES string of the molecule is COc1ccc(-c2nc3c(C(=O)N4CCN(C(CO)c5cc(C)cs5)C[C@H]4C)cnn3c(C(F)(F)F)c2C)cc1. The van der Waals surface area contributed by atoms with Crippen molar-refractivity contribution in [3.8, 4) is 17.0 Å². The minimum atomic E-state index is -4.72. The summed E-state index contributed by atoms with van der Waals surface area (Å²) in [5.41, 5.74) is 0.506. The molecular formula is C28H30F3N5O3S. The van der Waals surface area contributed by atoms with Crippen LogP contribution in [0.3, 0.4) is 0 Å². The molecule has 1 saturated heterocycles. The van der Waals surface area contributed by atoms with Crippen LogP contribution in [0.15, 0.2) is 41.9 Å². The number of amides is 1. The summed E-state index contributed by atoms with van der Waals surface area (Å²) in [5.74, 6) is 0.129. The predicted molar refractivity (Wildman–Crippen MR) is 146 cm³/mol. The van der Waals surface area contributed by atoms with Gasteiger partial charge in [0.25, 0.3) is 5.91 Å². The lowest BCUT2D eigenvalue weighted by molar-refractivity contribution is -0.143. The maximum absolute atomic E-state index is 14.3. The normalized spacial score (nSPS) is 17.4. The average Bonchev–Trinajstić information content (AvgIpc) is 3.53. The highest BCUT2D eigenvalue weighted by atomic mass is 32.1. The Morgan fingerprint density at radius 1 is 1.23 bits per heavy atom. The van der Waals surface area contributed by atoms with Crippen molar-refractivity contribution < 1.29 is 27.8 Å². The number of thiophene rings is 1. The first-order valence-corrected chi connectivity index (χ1v) is 13.7. The fourth-order valence-electron chi connectivity index (χ4n) is 5.33. The van der Waals surface area contributed by atoms with Crippen molar-refractivity contribution in [2.75, 3.05) is 33.4 Å². The molecule has 4 aromatic rings. The number of aromatic nitrogens is 3. The number of benzene rings is 1. The summed E-state index contributed by atoms with van der Waals surface area (Å²) in [4.78, 5) is 23.1. The summed E-state index contributed by atoms with van der Waals surface area (Å²) in [6.45, 7) is 6.56. The van der Waals surface area contributed by atoms with Crippen molar-refractivity contribution in [3.63, 3.8) is 0 Å². The maximum atomic E-state index is 14.3. The Morgan fingerprint density at radius 2 is 1.95 bits per heavy atom. The third-order valence-corrected chi connectivity index (χ3v) is 8.51. The number of methoxy groups -OCH3 is 1. The number of fused-ring (bicyclic) bond motifs is 1. The molecular weight excluding hydrogens is 543 g/mol. The molecule has 212 valence electrons. The number of ether oxygens (including phenoxy) is 1. The van der Waals surface area contributed by atoms with Crippen molar-refractivity contribution in [1.29, 1.82) is 0 Å². The molecule has 1 aliphatic heterocycles. The van der Waals surface area contributed by atoms with E-state index in [2.05, 4.69) is 21.0 Å². The third kappa shape index (κ3) is 5.06. The summed E-state index contributed by atoms with van der Waals surface area (Å²) in [6.07, 6.45) is -3.56. The van der Waals surface area contributed by atoms with Gasteiger partial charge in [0, 0.05) is 41.7 Å². The predicted octanol–water partition coefficient (Wildman–Crippen LogP) is 4.98. The molecule has 1 amide bonds. The molecule has 1 N–H and O–H groups in total. The van der Waals surface area contributed by atoms with Crippen molar-refractivity contribution in [3.05, 3.63) is 69.2 Å². The number of hydrogen-bond acceptors (Lipinski definition) is 7. The zero-order valence-electron chi connectivity index (χ0n) is 22.6. The van der Waals surface area contributed by atoms with E-state index in [-0.39, 0.29) is 41.2 Å². The summed E-state index contributed by atoms with van der Waals surface area (Å²) in [5, 5.41) is 16.1. The van der Waals surface area contributed by atoms with E-state index in [0.717, 1.165) is 15.0 Å². The molecule has 0 spiro atoms. The van der Waals surface area contributed by atoms with Gasteiger partial charge in [-0.15, -0.1) is 11.3 Å². The van der Waals surface area contributed by atoms with Crippen LogP contribution in [0.25, 0.3) is 16.9 Å². The second-order valence-corrected chi connectivity index (χ2v) is 11.0. The van der Waals surface area contributed by atoms with Gasteiger partial charge in [-0.1, -0.05) is 0 Å². The lowest BCUT2D eigenvalue weighted by Crippen LogP contribution is -2.55. The number of aryl methyl sites for hydroxylation is 1. The van der Waals surface area contributed by atoms with Crippen molar-refractivity contribution >= 4 is 22.9 Å². The molecule has 40 heavy (non-hydrogen) atoms. The van der Waals surface area contributed by atoms with Gasteiger partial charge in [-0.3, -0.25) is 9.69 Å². The highest BCUT2D eigenvalue weighted by molar-refractivity contribution is 7.10. The van der Waals surface area contributed by atoms with E-state index in [1.165, 1.54) is 20.2 Å². The van der Waals surface area contributed by atoms with E-state index in [4.69, 9.17) is 4.74 Å². The minimum absolute atomic E-state index is 0.00755. The molecule has 1 fully saturated rings. The molecule has 0 bridgehead atoms. The minimum Gasteiger partial charge on any atom is -0.497 e. The number of piperazine rings is 1. The van der Waals surface area contributed by atoms with Crippen LogP contribution in [-0.4, -0.2) is 74.8 Å². The number of carbonyl (C=O) groups excluding carboxylic acids is 1. The summed E-state index contributed by atoms with van der Waals surface area (Å²) >= 11 is 1.59. The van der Waals surface area contributed by atoms with Gasteiger partial charge < -0.3 is 14.7 Å².